The van der Waals surface area contributed by atoms with Gasteiger partial charge in [0.05, 0.1) is 5.92 Å². The predicted octanol–water partition coefficient (Wildman–Crippen LogP) is 1.85. The number of nitrogens with two attached hydrogens (primary N) is 1. The average molecular weight is 155 g/mol. The molecule has 0 spiro atoms. The molecule has 2 N–H and O–H groups in total. The van der Waals surface area contributed by atoms with Gasteiger partial charge in [-0.3, -0.25) is 4.79 Å². The van der Waals surface area contributed by atoms with Crippen molar-refractivity contribution in [2.75, 3.05) is 0 Å². The lowest BCUT2D eigenvalue weighted by molar-refractivity contribution is -0.120. The minimum Gasteiger partial charge on any atom is -0.369 e. The third-order valence-electron chi connectivity index (χ3n) is 1.60. The van der Waals surface area contributed by atoms with Gasteiger partial charge in [-0.2, -0.15) is 0 Å². The van der Waals surface area contributed by atoms with Crippen LogP contribution >= 0.6 is 0 Å². The number of unbranched alkanes of at least 4 members (excludes halogenated alkanes) is 2. The summed E-state index contributed by atoms with van der Waals surface area (Å²) in [6.07, 6.45) is 7.32. The molecule has 0 aliphatic heterocycles. The first kappa shape index (κ1) is 10.2. The van der Waals surface area contributed by atoms with Crippen molar-refractivity contribution in [1.29, 1.82) is 0 Å². The van der Waals surface area contributed by atoms with E-state index in [1.165, 1.54) is 12.8 Å². The van der Waals surface area contributed by atoms with Gasteiger partial charge in [0.25, 0.3) is 0 Å². The van der Waals surface area contributed by atoms with Gasteiger partial charge in [-0.25, -0.2) is 0 Å². The van der Waals surface area contributed by atoms with Crippen molar-refractivity contribution in [3.63, 3.8) is 0 Å². The summed E-state index contributed by atoms with van der Waals surface area (Å²) in [5.41, 5.74) is 5.06. The van der Waals surface area contributed by atoms with E-state index in [0.717, 1.165) is 6.42 Å². The lowest BCUT2D eigenvalue weighted by Crippen LogP contribution is -2.18. The molecule has 64 valence electrons. The highest BCUT2D eigenvalue weighted by Gasteiger charge is 2.01. The number of allylic oxidation sites excluding steroid dienone is 1. The molecule has 0 bridgehead atoms. The summed E-state index contributed by atoms with van der Waals surface area (Å²) >= 11 is 0. The molecule has 0 aliphatic carbocycles. The Morgan fingerprint density at radius 3 is 2.73 bits per heavy atom. The summed E-state index contributed by atoms with van der Waals surface area (Å²) in [4.78, 5) is 10.5. The van der Waals surface area contributed by atoms with Crippen LogP contribution in [0.3, 0.4) is 0 Å². The first-order valence-corrected chi connectivity index (χ1v) is 4.14. The van der Waals surface area contributed by atoms with E-state index in [1.807, 2.05) is 19.1 Å². The maximum Gasteiger partial charge on any atom is 0.224 e. The Hall–Kier alpha value is -0.790. The van der Waals surface area contributed by atoms with Gasteiger partial charge < -0.3 is 5.73 Å². The van der Waals surface area contributed by atoms with Gasteiger partial charge in [0.1, 0.15) is 0 Å². The Balaban J connectivity index is 3.48. The lowest BCUT2D eigenvalue weighted by atomic mass is 10.1. The highest BCUT2D eigenvalue weighted by atomic mass is 16.1. The van der Waals surface area contributed by atoms with Gasteiger partial charge >= 0.3 is 0 Å². The molecule has 2 heteroatoms. The maximum absolute atomic E-state index is 10.5. The van der Waals surface area contributed by atoms with Crippen LogP contribution in [0.25, 0.3) is 0 Å². The van der Waals surface area contributed by atoms with Crippen LogP contribution in [0.1, 0.15) is 33.1 Å². The zero-order valence-electron chi connectivity index (χ0n) is 7.34. The molecule has 0 radical (unpaired) electrons. The molecule has 0 aliphatic rings. The van der Waals surface area contributed by atoms with Crippen LogP contribution < -0.4 is 5.73 Å². The summed E-state index contributed by atoms with van der Waals surface area (Å²) < 4.78 is 0. The summed E-state index contributed by atoms with van der Waals surface area (Å²) in [5.74, 6) is -0.371. The number of carbonyl (C=O) groups is 1. The number of amides is 1. The van der Waals surface area contributed by atoms with Crippen molar-refractivity contribution in [1.82, 2.24) is 0 Å². The highest BCUT2D eigenvalue weighted by molar-refractivity contribution is 5.77. The molecule has 0 aromatic carbocycles. The van der Waals surface area contributed by atoms with Gasteiger partial charge in [0, 0.05) is 0 Å². The monoisotopic (exact) mass is 155 g/mol. The van der Waals surface area contributed by atoms with Crippen molar-refractivity contribution < 1.29 is 4.79 Å². The minimum atomic E-state index is -0.252. The van der Waals surface area contributed by atoms with E-state index in [1.54, 1.807) is 0 Å². The van der Waals surface area contributed by atoms with Gasteiger partial charge in [-0.05, 0) is 6.42 Å². The zero-order chi connectivity index (χ0) is 8.69. The zero-order valence-corrected chi connectivity index (χ0v) is 7.34. The maximum atomic E-state index is 10.5. The lowest BCUT2D eigenvalue weighted by Gasteiger charge is -1.97. The molecule has 1 atom stereocenters. The normalized spacial score (nSPS) is 13.6. The van der Waals surface area contributed by atoms with Crippen molar-refractivity contribution in [2.24, 2.45) is 11.7 Å². The number of carbonyl (C=O) groups excluding carboxylic acids is 1. The Kier molecular flexibility index (Phi) is 5.53. The molecular formula is C9H17NO. The van der Waals surface area contributed by atoms with Crippen molar-refractivity contribution in [3.8, 4) is 0 Å². The third kappa shape index (κ3) is 5.64. The first-order valence-electron chi connectivity index (χ1n) is 4.14. The Bertz CT molecular complexity index is 140. The van der Waals surface area contributed by atoms with Crippen molar-refractivity contribution >= 4 is 5.91 Å². The fraction of sp³-hybridized carbons (Fsp3) is 0.667. The molecule has 0 saturated heterocycles. The molecule has 0 heterocycles. The van der Waals surface area contributed by atoms with Crippen LogP contribution in [-0.4, -0.2) is 5.91 Å². The quantitative estimate of drug-likeness (QED) is 0.478. The van der Waals surface area contributed by atoms with Crippen LogP contribution in [0.15, 0.2) is 12.2 Å². The molecule has 0 saturated carbocycles. The van der Waals surface area contributed by atoms with Crippen LogP contribution in [0.5, 0.6) is 0 Å². The highest BCUT2D eigenvalue weighted by Crippen LogP contribution is 2.00. The number of hydrogen-bond acceptors (Lipinski definition) is 1. The van der Waals surface area contributed by atoms with E-state index < -0.39 is 0 Å². The predicted molar refractivity (Wildman–Crippen MR) is 47.0 cm³/mol. The van der Waals surface area contributed by atoms with E-state index in [0.29, 0.717) is 0 Å². The summed E-state index contributed by atoms with van der Waals surface area (Å²) in [5, 5.41) is 0. The summed E-state index contributed by atoms with van der Waals surface area (Å²) in [6.45, 7) is 3.95. The molecule has 0 aromatic heterocycles. The molecule has 0 aromatic rings. The fourth-order valence-corrected chi connectivity index (χ4v) is 0.717. The second-order valence-corrected chi connectivity index (χ2v) is 2.76. The number of hydrogen-bond donors (Lipinski definition) is 1. The Labute approximate surface area is 68.5 Å². The molecule has 11 heavy (non-hydrogen) atoms. The van der Waals surface area contributed by atoms with E-state index in [2.05, 4.69) is 6.92 Å². The smallest absolute Gasteiger partial charge is 0.224 e. The number of rotatable bonds is 5. The Morgan fingerprint density at radius 2 is 2.27 bits per heavy atom. The average Bonchev–Trinajstić information content (AvgIpc) is 1.97. The fourth-order valence-electron chi connectivity index (χ4n) is 0.717. The molecule has 2 nitrogen and oxygen atoms in total. The van der Waals surface area contributed by atoms with Crippen molar-refractivity contribution in [3.05, 3.63) is 12.2 Å². The van der Waals surface area contributed by atoms with Crippen LogP contribution in [0.4, 0.5) is 0 Å². The summed E-state index contributed by atoms with van der Waals surface area (Å²) in [6, 6.07) is 0. The third-order valence-corrected chi connectivity index (χ3v) is 1.60. The second kappa shape index (κ2) is 5.96. The largest absolute Gasteiger partial charge is 0.369 e. The van der Waals surface area contributed by atoms with E-state index in [4.69, 9.17) is 5.73 Å². The standard InChI is InChI=1S/C9H17NO/c1-3-4-5-6-7-8(2)9(10)11/h6-8H,3-5H2,1-2H3,(H2,10,11). The topological polar surface area (TPSA) is 43.1 Å². The van der Waals surface area contributed by atoms with Gasteiger partial charge in [-0.15, -0.1) is 0 Å². The van der Waals surface area contributed by atoms with Crippen molar-refractivity contribution in [2.45, 2.75) is 33.1 Å². The molecule has 1 amide bonds. The van der Waals surface area contributed by atoms with Crippen LogP contribution in [-0.2, 0) is 4.79 Å². The van der Waals surface area contributed by atoms with Crippen LogP contribution in [0.2, 0.25) is 0 Å². The van der Waals surface area contributed by atoms with E-state index in [9.17, 15) is 4.79 Å². The first-order chi connectivity index (χ1) is 5.18. The SMILES string of the molecule is CCCCC=CC(C)C(N)=O. The van der Waals surface area contributed by atoms with E-state index >= 15 is 0 Å². The molecule has 1 unspecified atom stereocenters. The minimum absolute atomic E-state index is 0.119. The van der Waals surface area contributed by atoms with Gasteiger partial charge in [0.2, 0.25) is 5.91 Å². The van der Waals surface area contributed by atoms with E-state index in [-0.39, 0.29) is 11.8 Å². The molecule has 0 rings (SSSR count). The van der Waals surface area contributed by atoms with Crippen LogP contribution in [0, 0.1) is 5.92 Å². The van der Waals surface area contributed by atoms with Gasteiger partial charge in [-0.1, -0.05) is 38.8 Å². The van der Waals surface area contributed by atoms with Gasteiger partial charge in [0.15, 0.2) is 0 Å². The molecular weight excluding hydrogens is 138 g/mol. The Morgan fingerprint density at radius 1 is 1.64 bits per heavy atom. The molecule has 0 fully saturated rings. The summed E-state index contributed by atoms with van der Waals surface area (Å²) in [7, 11) is 0. The second-order valence-electron chi connectivity index (χ2n) is 2.76. The number of primary amides is 1.